The lowest BCUT2D eigenvalue weighted by atomic mass is 9.75. The van der Waals surface area contributed by atoms with Crippen molar-refractivity contribution in [2.75, 3.05) is 0 Å². The van der Waals surface area contributed by atoms with E-state index in [2.05, 4.69) is 91.8 Å². The zero-order valence-electron chi connectivity index (χ0n) is 23.2. The number of benzene rings is 2. The number of hydrogen-bond acceptors (Lipinski definition) is 1. The molecule has 2 unspecified atom stereocenters. The molecule has 0 amide bonds. The molecule has 3 aliphatic carbocycles. The van der Waals surface area contributed by atoms with E-state index >= 15 is 0 Å². The van der Waals surface area contributed by atoms with Gasteiger partial charge < -0.3 is 5.11 Å². The Hall–Kier alpha value is -2.28. The largest absolute Gasteiger partial charge is 0.507 e. The van der Waals surface area contributed by atoms with Crippen LogP contribution >= 0.6 is 0 Å². The summed E-state index contributed by atoms with van der Waals surface area (Å²) in [6.07, 6.45) is 6.36. The summed E-state index contributed by atoms with van der Waals surface area (Å²) >= 11 is 0. The third-order valence-electron chi connectivity index (χ3n) is 9.32. The van der Waals surface area contributed by atoms with E-state index in [1.807, 2.05) is 0 Å². The first-order valence-electron chi connectivity index (χ1n) is 13.7. The highest BCUT2D eigenvalue weighted by Gasteiger charge is 2.42. The molecule has 0 saturated heterocycles. The van der Waals surface area contributed by atoms with Gasteiger partial charge in [-0.2, -0.15) is 0 Å². The van der Waals surface area contributed by atoms with Crippen LogP contribution in [0.4, 0.5) is 0 Å². The van der Waals surface area contributed by atoms with Crippen LogP contribution in [-0.4, -0.2) is 5.11 Å². The lowest BCUT2D eigenvalue weighted by Gasteiger charge is -2.30. The van der Waals surface area contributed by atoms with Crippen molar-refractivity contribution in [3.8, 4) is 16.9 Å². The molecule has 5 rings (SSSR count). The van der Waals surface area contributed by atoms with Crippen molar-refractivity contribution >= 4 is 0 Å². The van der Waals surface area contributed by atoms with Crippen molar-refractivity contribution in [3.63, 3.8) is 0 Å². The highest BCUT2D eigenvalue weighted by atomic mass is 16.3. The van der Waals surface area contributed by atoms with Crippen LogP contribution in [-0.2, 0) is 10.8 Å². The Balaban J connectivity index is 1.61. The Morgan fingerprint density at radius 3 is 1.86 bits per heavy atom. The van der Waals surface area contributed by atoms with Crippen molar-refractivity contribution in [1.82, 2.24) is 0 Å². The van der Waals surface area contributed by atoms with Gasteiger partial charge in [0.2, 0.25) is 0 Å². The van der Waals surface area contributed by atoms with Crippen LogP contribution in [0.3, 0.4) is 0 Å². The van der Waals surface area contributed by atoms with Crippen LogP contribution in [0.5, 0.6) is 5.75 Å². The Morgan fingerprint density at radius 2 is 1.31 bits per heavy atom. The fourth-order valence-corrected chi connectivity index (χ4v) is 7.25. The maximum Gasteiger partial charge on any atom is 0.127 e. The van der Waals surface area contributed by atoms with Gasteiger partial charge >= 0.3 is 0 Å². The Kier molecular flexibility index (Phi) is 5.86. The highest BCUT2D eigenvalue weighted by Crippen LogP contribution is 2.57. The third kappa shape index (κ3) is 4.09. The first-order chi connectivity index (χ1) is 16.4. The Labute approximate surface area is 213 Å². The fraction of sp³-hybridized carbons (Fsp3) is 0.529. The molecular weight excluding hydrogens is 424 g/mol. The summed E-state index contributed by atoms with van der Waals surface area (Å²) in [5.41, 5.74) is 12.6. The van der Waals surface area contributed by atoms with E-state index in [1.165, 1.54) is 48.8 Å². The molecule has 0 radical (unpaired) electrons. The summed E-state index contributed by atoms with van der Waals surface area (Å²) in [7, 11) is 0. The highest BCUT2D eigenvalue weighted by molar-refractivity contribution is 5.77. The standard InChI is InChI=1S/C34H44O/c1-20-24-14-11-15-25(24)21(2)29-17-22(16-28(20)29)26-12-9-10-13-27(26)30-18-23(33(3,4)5)19-31(32(30)35)34(6,7)8/h9-10,12-13,18-19,22,28-29,35H,11,14-17H2,1-8H3. The maximum absolute atomic E-state index is 11.6. The smallest absolute Gasteiger partial charge is 0.127 e. The van der Waals surface area contributed by atoms with Gasteiger partial charge in [-0.3, -0.25) is 0 Å². The normalized spacial score (nSPS) is 24.7. The number of hydrogen-bond donors (Lipinski definition) is 1. The quantitative estimate of drug-likeness (QED) is 0.465. The van der Waals surface area contributed by atoms with Crippen molar-refractivity contribution < 1.29 is 5.11 Å². The van der Waals surface area contributed by atoms with E-state index < -0.39 is 0 Å². The zero-order chi connectivity index (χ0) is 25.3. The number of rotatable bonds is 2. The molecule has 2 fully saturated rings. The van der Waals surface area contributed by atoms with Crippen LogP contribution in [0.2, 0.25) is 0 Å². The molecule has 1 heteroatoms. The second-order valence-electron chi connectivity index (χ2n) is 13.6. The SMILES string of the molecule is CC1=C2CCCC2=C(C)C2CC(c3ccccc3-c3cc(C(C)(C)C)cc(C(C)(C)C)c3O)CC12. The lowest BCUT2D eigenvalue weighted by molar-refractivity contribution is 0.446. The summed E-state index contributed by atoms with van der Waals surface area (Å²) in [6, 6.07) is 13.4. The van der Waals surface area contributed by atoms with Gasteiger partial charge in [-0.25, -0.2) is 0 Å². The average molecular weight is 469 g/mol. The van der Waals surface area contributed by atoms with Crippen molar-refractivity contribution in [3.05, 3.63) is 75.4 Å². The minimum absolute atomic E-state index is 0.0179. The molecule has 0 heterocycles. The van der Waals surface area contributed by atoms with E-state index in [0.29, 0.717) is 23.5 Å². The zero-order valence-corrected chi connectivity index (χ0v) is 23.2. The number of phenolic OH excluding ortho intramolecular Hbond substituents is 1. The average Bonchev–Trinajstić information content (AvgIpc) is 3.44. The molecule has 0 bridgehead atoms. The summed E-state index contributed by atoms with van der Waals surface area (Å²) in [5, 5.41) is 11.6. The third-order valence-corrected chi connectivity index (χ3v) is 9.32. The predicted molar refractivity (Wildman–Crippen MR) is 149 cm³/mol. The molecule has 35 heavy (non-hydrogen) atoms. The molecule has 0 aliphatic heterocycles. The van der Waals surface area contributed by atoms with Gasteiger partial charge in [0.15, 0.2) is 0 Å². The number of aromatic hydroxyl groups is 1. The molecule has 0 aromatic heterocycles. The minimum Gasteiger partial charge on any atom is -0.507 e. The van der Waals surface area contributed by atoms with E-state index in [0.717, 1.165) is 11.1 Å². The second-order valence-corrected chi connectivity index (χ2v) is 13.6. The van der Waals surface area contributed by atoms with E-state index in [4.69, 9.17) is 0 Å². The van der Waals surface area contributed by atoms with Gasteiger partial charge in [0.25, 0.3) is 0 Å². The van der Waals surface area contributed by atoms with Crippen LogP contribution in [0.1, 0.15) is 110 Å². The Bertz CT molecular complexity index is 1190. The van der Waals surface area contributed by atoms with Crippen LogP contribution in [0.25, 0.3) is 11.1 Å². The second kappa shape index (κ2) is 8.39. The van der Waals surface area contributed by atoms with Crippen LogP contribution in [0.15, 0.2) is 58.7 Å². The van der Waals surface area contributed by atoms with E-state index in [9.17, 15) is 5.11 Å². The van der Waals surface area contributed by atoms with Gasteiger partial charge in [0, 0.05) is 11.1 Å². The van der Waals surface area contributed by atoms with Gasteiger partial charge in [-0.05, 0) is 108 Å². The molecule has 1 N–H and O–H groups in total. The summed E-state index contributed by atoms with van der Waals surface area (Å²) in [4.78, 5) is 0. The lowest BCUT2D eigenvalue weighted by Crippen LogP contribution is -2.17. The Morgan fingerprint density at radius 1 is 0.743 bits per heavy atom. The molecule has 2 aromatic rings. The summed E-state index contributed by atoms with van der Waals surface area (Å²) in [5.74, 6) is 2.36. The van der Waals surface area contributed by atoms with Gasteiger partial charge in [-0.15, -0.1) is 0 Å². The van der Waals surface area contributed by atoms with Gasteiger partial charge in [0.1, 0.15) is 5.75 Å². The van der Waals surface area contributed by atoms with Crippen molar-refractivity contribution in [1.29, 1.82) is 0 Å². The van der Waals surface area contributed by atoms with Gasteiger partial charge in [0.05, 0.1) is 0 Å². The van der Waals surface area contributed by atoms with Crippen molar-refractivity contribution in [2.45, 2.75) is 104 Å². The first kappa shape index (κ1) is 24.4. The van der Waals surface area contributed by atoms with E-state index in [-0.39, 0.29) is 10.8 Å². The van der Waals surface area contributed by atoms with Crippen LogP contribution in [0, 0.1) is 11.8 Å². The molecule has 2 atom stereocenters. The minimum atomic E-state index is -0.123. The van der Waals surface area contributed by atoms with E-state index in [1.54, 1.807) is 22.3 Å². The maximum atomic E-state index is 11.6. The fourth-order valence-electron chi connectivity index (χ4n) is 7.25. The predicted octanol–water partition coefficient (Wildman–Crippen LogP) is 9.59. The molecular formula is C34H44O. The molecule has 3 aliphatic rings. The molecule has 186 valence electrons. The number of phenols is 1. The summed E-state index contributed by atoms with van der Waals surface area (Å²) in [6.45, 7) is 18.3. The van der Waals surface area contributed by atoms with Crippen LogP contribution < -0.4 is 0 Å². The monoisotopic (exact) mass is 468 g/mol. The first-order valence-corrected chi connectivity index (χ1v) is 13.7. The molecule has 0 spiro atoms. The molecule has 2 saturated carbocycles. The molecule has 2 aromatic carbocycles. The number of allylic oxidation sites excluding steroid dienone is 4. The number of fused-ring (bicyclic) bond motifs is 2. The topological polar surface area (TPSA) is 20.2 Å². The summed E-state index contributed by atoms with van der Waals surface area (Å²) < 4.78 is 0. The van der Waals surface area contributed by atoms with Crippen molar-refractivity contribution in [2.24, 2.45) is 11.8 Å². The molecule has 1 nitrogen and oxygen atoms in total. The van der Waals surface area contributed by atoms with Gasteiger partial charge in [-0.1, -0.05) is 83.0 Å².